The molecule has 13 heavy (non-hydrogen) atoms. The van der Waals surface area contributed by atoms with E-state index in [2.05, 4.69) is 0 Å². The fourth-order valence-electron chi connectivity index (χ4n) is 1.39. The van der Waals surface area contributed by atoms with Gasteiger partial charge in [0.1, 0.15) is 5.82 Å². The first-order valence-corrected chi connectivity index (χ1v) is 4.82. The summed E-state index contributed by atoms with van der Waals surface area (Å²) in [7, 11) is 0. The molecule has 0 amide bonds. The molecule has 0 aromatic heterocycles. The Balaban J connectivity index is 2.46. The Labute approximate surface area is 78.8 Å². The fraction of sp³-hybridized carbons (Fsp3) is 0.222. The van der Waals surface area contributed by atoms with Crippen molar-refractivity contribution in [1.82, 2.24) is 0 Å². The van der Waals surface area contributed by atoms with E-state index in [1.54, 1.807) is 6.07 Å². The molecular formula is C9H7FO2S. The Morgan fingerprint density at radius 2 is 2.38 bits per heavy atom. The highest BCUT2D eigenvalue weighted by atomic mass is 32.2. The van der Waals surface area contributed by atoms with E-state index in [1.807, 2.05) is 0 Å². The number of fused-ring (bicyclic) bond motifs is 1. The van der Waals surface area contributed by atoms with Gasteiger partial charge in [-0.1, -0.05) is 0 Å². The highest BCUT2D eigenvalue weighted by Gasteiger charge is 2.29. The fourth-order valence-corrected chi connectivity index (χ4v) is 2.59. The van der Waals surface area contributed by atoms with Gasteiger partial charge >= 0.3 is 5.97 Å². The minimum Gasteiger partial charge on any atom is -0.481 e. The first-order chi connectivity index (χ1) is 6.18. The molecule has 1 aromatic carbocycles. The van der Waals surface area contributed by atoms with Crippen LogP contribution in [0.5, 0.6) is 0 Å². The van der Waals surface area contributed by atoms with Gasteiger partial charge < -0.3 is 5.11 Å². The molecule has 0 saturated carbocycles. The minimum absolute atomic E-state index is 0.368. The molecule has 1 unspecified atom stereocenters. The molecule has 1 N–H and O–H groups in total. The lowest BCUT2D eigenvalue weighted by atomic mass is 10.0. The molecule has 2 nitrogen and oxygen atoms in total. The van der Waals surface area contributed by atoms with Crippen molar-refractivity contribution in [2.45, 2.75) is 10.8 Å². The second-order valence-corrected chi connectivity index (χ2v) is 3.95. The Morgan fingerprint density at radius 3 is 3.08 bits per heavy atom. The number of rotatable bonds is 1. The summed E-state index contributed by atoms with van der Waals surface area (Å²) in [5, 5.41) is 8.82. The van der Waals surface area contributed by atoms with Crippen LogP contribution in [-0.2, 0) is 4.79 Å². The Hall–Kier alpha value is -1.03. The molecule has 2 rings (SSSR count). The van der Waals surface area contributed by atoms with E-state index in [0.29, 0.717) is 11.3 Å². The van der Waals surface area contributed by atoms with Crippen molar-refractivity contribution >= 4 is 17.7 Å². The van der Waals surface area contributed by atoms with E-state index in [0.717, 1.165) is 4.90 Å². The molecule has 1 aromatic rings. The standard InChI is InChI=1S/C9H7FO2S/c10-5-1-2-8-6(3-5)7(4-13-8)9(11)12/h1-3,7H,4H2,(H,11,12). The van der Waals surface area contributed by atoms with Gasteiger partial charge in [0, 0.05) is 10.6 Å². The van der Waals surface area contributed by atoms with Gasteiger partial charge in [-0.15, -0.1) is 11.8 Å². The summed E-state index contributed by atoms with van der Waals surface area (Å²) in [5.41, 5.74) is 0.609. The number of carboxylic acid groups (broad SMARTS) is 1. The number of aliphatic carboxylic acids is 1. The Kier molecular flexibility index (Phi) is 2.00. The summed E-state index contributed by atoms with van der Waals surface area (Å²) in [4.78, 5) is 11.6. The summed E-state index contributed by atoms with van der Waals surface area (Å²) >= 11 is 1.47. The van der Waals surface area contributed by atoms with Gasteiger partial charge in [0.2, 0.25) is 0 Å². The third-order valence-corrected chi connectivity index (χ3v) is 3.23. The van der Waals surface area contributed by atoms with Crippen LogP contribution in [0.25, 0.3) is 0 Å². The molecule has 1 heterocycles. The third-order valence-electron chi connectivity index (χ3n) is 2.05. The zero-order chi connectivity index (χ0) is 9.42. The van der Waals surface area contributed by atoms with Gasteiger partial charge in [-0.05, 0) is 23.8 Å². The SMILES string of the molecule is O=C(O)C1CSc2ccc(F)cc21. The molecule has 1 aliphatic heterocycles. The van der Waals surface area contributed by atoms with Gasteiger partial charge in [0.15, 0.2) is 0 Å². The number of halogens is 1. The van der Waals surface area contributed by atoms with Crippen molar-refractivity contribution in [3.05, 3.63) is 29.6 Å². The summed E-state index contributed by atoms with van der Waals surface area (Å²) < 4.78 is 12.8. The van der Waals surface area contributed by atoms with Crippen molar-refractivity contribution < 1.29 is 14.3 Å². The maximum atomic E-state index is 12.8. The van der Waals surface area contributed by atoms with Gasteiger partial charge in [0.25, 0.3) is 0 Å². The zero-order valence-corrected chi connectivity index (χ0v) is 7.47. The van der Waals surface area contributed by atoms with Crippen molar-refractivity contribution in [1.29, 1.82) is 0 Å². The van der Waals surface area contributed by atoms with Crippen LogP contribution in [0.4, 0.5) is 4.39 Å². The lowest BCUT2D eigenvalue weighted by Crippen LogP contribution is -2.10. The number of thioether (sulfide) groups is 1. The molecule has 1 aliphatic rings. The molecule has 0 aliphatic carbocycles. The second-order valence-electron chi connectivity index (χ2n) is 2.88. The number of hydrogen-bond donors (Lipinski definition) is 1. The monoisotopic (exact) mass is 198 g/mol. The van der Waals surface area contributed by atoms with E-state index in [1.165, 1.54) is 23.9 Å². The lowest BCUT2D eigenvalue weighted by molar-refractivity contribution is -0.138. The molecule has 0 radical (unpaired) electrons. The zero-order valence-electron chi connectivity index (χ0n) is 6.66. The van der Waals surface area contributed by atoms with Gasteiger partial charge in [-0.25, -0.2) is 4.39 Å². The number of carbonyl (C=O) groups is 1. The van der Waals surface area contributed by atoms with Crippen molar-refractivity contribution in [2.24, 2.45) is 0 Å². The molecular weight excluding hydrogens is 191 g/mol. The molecule has 1 atom stereocenters. The van der Waals surface area contributed by atoms with E-state index in [4.69, 9.17) is 5.11 Å². The Morgan fingerprint density at radius 1 is 1.62 bits per heavy atom. The molecule has 0 spiro atoms. The second kappa shape index (κ2) is 3.03. The average Bonchev–Trinajstić information content (AvgIpc) is 2.46. The normalized spacial score (nSPS) is 19.9. The maximum absolute atomic E-state index is 12.8. The van der Waals surface area contributed by atoms with E-state index in [-0.39, 0.29) is 5.82 Å². The summed E-state index contributed by atoms with van der Waals surface area (Å²) in [6.45, 7) is 0. The molecule has 0 saturated heterocycles. The van der Waals surface area contributed by atoms with Crippen LogP contribution in [0, 0.1) is 5.82 Å². The molecule has 0 bridgehead atoms. The highest BCUT2D eigenvalue weighted by molar-refractivity contribution is 7.99. The van der Waals surface area contributed by atoms with Gasteiger partial charge in [0.05, 0.1) is 5.92 Å². The number of benzene rings is 1. The van der Waals surface area contributed by atoms with Crippen LogP contribution in [0.3, 0.4) is 0 Å². The summed E-state index contributed by atoms with van der Waals surface area (Å²) in [6, 6.07) is 4.31. The van der Waals surface area contributed by atoms with Gasteiger partial charge in [-0.3, -0.25) is 4.79 Å². The van der Waals surface area contributed by atoms with E-state index < -0.39 is 11.9 Å². The topological polar surface area (TPSA) is 37.3 Å². The molecule has 0 fully saturated rings. The highest BCUT2D eigenvalue weighted by Crippen LogP contribution is 2.39. The van der Waals surface area contributed by atoms with Crippen molar-refractivity contribution in [3.8, 4) is 0 Å². The Bertz CT molecular complexity index is 365. The smallest absolute Gasteiger partial charge is 0.311 e. The van der Waals surface area contributed by atoms with E-state index >= 15 is 0 Å². The van der Waals surface area contributed by atoms with Crippen LogP contribution < -0.4 is 0 Å². The van der Waals surface area contributed by atoms with Crippen LogP contribution in [0.2, 0.25) is 0 Å². The predicted octanol–water partition coefficient (Wildman–Crippen LogP) is 2.10. The summed E-state index contributed by atoms with van der Waals surface area (Å²) in [6.07, 6.45) is 0. The number of carboxylic acids is 1. The predicted molar refractivity (Wildman–Crippen MR) is 47.5 cm³/mol. The first kappa shape index (κ1) is 8.56. The molecule has 4 heteroatoms. The van der Waals surface area contributed by atoms with E-state index in [9.17, 15) is 9.18 Å². The summed E-state index contributed by atoms with van der Waals surface area (Å²) in [5.74, 6) is -1.28. The van der Waals surface area contributed by atoms with Crippen LogP contribution in [-0.4, -0.2) is 16.8 Å². The largest absolute Gasteiger partial charge is 0.481 e. The van der Waals surface area contributed by atoms with Crippen molar-refractivity contribution in [2.75, 3.05) is 5.75 Å². The van der Waals surface area contributed by atoms with Crippen LogP contribution >= 0.6 is 11.8 Å². The lowest BCUT2D eigenvalue weighted by Gasteiger charge is -2.03. The number of hydrogen-bond acceptors (Lipinski definition) is 2. The molecule has 68 valence electrons. The van der Waals surface area contributed by atoms with Gasteiger partial charge in [-0.2, -0.15) is 0 Å². The first-order valence-electron chi connectivity index (χ1n) is 3.83. The van der Waals surface area contributed by atoms with Crippen LogP contribution in [0.1, 0.15) is 11.5 Å². The third kappa shape index (κ3) is 1.42. The van der Waals surface area contributed by atoms with Crippen LogP contribution in [0.15, 0.2) is 23.1 Å². The average molecular weight is 198 g/mol. The maximum Gasteiger partial charge on any atom is 0.311 e. The minimum atomic E-state index is -0.878. The van der Waals surface area contributed by atoms with Crippen molar-refractivity contribution in [3.63, 3.8) is 0 Å². The quantitative estimate of drug-likeness (QED) is 0.750.